The van der Waals surface area contributed by atoms with Crippen molar-refractivity contribution in [3.8, 4) is 17.2 Å². The lowest BCUT2D eigenvalue weighted by Crippen LogP contribution is -2.42. The minimum absolute atomic E-state index is 0.221. The molecule has 0 saturated heterocycles. The number of nitrogens with one attached hydrogen (secondary N) is 2. The van der Waals surface area contributed by atoms with Gasteiger partial charge in [0, 0.05) is 11.8 Å². The van der Waals surface area contributed by atoms with Crippen LogP contribution in [0.4, 0.5) is 10.5 Å². The molecule has 2 aromatic carbocycles. The molecule has 0 aromatic heterocycles. The fourth-order valence-corrected chi connectivity index (χ4v) is 2.25. The Bertz CT molecular complexity index is 690. The third-order valence-electron chi connectivity index (χ3n) is 3.39. The molecule has 0 unspecified atom stereocenters. The van der Waals surface area contributed by atoms with Crippen LogP contribution in [0.5, 0.6) is 17.2 Å². The van der Waals surface area contributed by atoms with Crippen LogP contribution in [0.2, 0.25) is 0 Å². The summed E-state index contributed by atoms with van der Waals surface area (Å²) < 4.78 is 16.5. The monoisotopic (exact) mass is 314 g/mol. The highest BCUT2D eigenvalue weighted by atomic mass is 16.6. The third kappa shape index (κ3) is 3.85. The zero-order chi connectivity index (χ0) is 16.1. The number of fused-ring (bicyclic) bond motifs is 1. The molecule has 3 rings (SSSR count). The first-order chi connectivity index (χ1) is 11.2. The fraction of sp³-hybridized carbons (Fsp3) is 0.235. The Morgan fingerprint density at radius 2 is 2.04 bits per heavy atom. The average molecular weight is 314 g/mol. The quantitative estimate of drug-likeness (QED) is 0.910. The van der Waals surface area contributed by atoms with E-state index in [1.54, 1.807) is 19.2 Å². The standard InChI is InChI=1S/C17H18N2O4/c1-21-13-6-4-5-12(9-13)19-17(20)18-10-14-11-22-15-7-2-3-8-16(15)23-14/h2-9,14H,10-11H2,1H3,(H2,18,19,20)/t14-/m0/s1. The van der Waals surface area contributed by atoms with Crippen LogP contribution in [0.25, 0.3) is 0 Å². The lowest BCUT2D eigenvalue weighted by atomic mass is 10.2. The number of para-hydroxylation sites is 2. The van der Waals surface area contributed by atoms with E-state index >= 15 is 0 Å². The number of carbonyl (C=O) groups excluding carboxylic acids is 1. The maximum atomic E-state index is 11.9. The number of rotatable bonds is 4. The van der Waals surface area contributed by atoms with Gasteiger partial charge >= 0.3 is 6.03 Å². The second-order valence-corrected chi connectivity index (χ2v) is 5.06. The highest BCUT2D eigenvalue weighted by molar-refractivity contribution is 5.89. The predicted molar refractivity (Wildman–Crippen MR) is 86.4 cm³/mol. The largest absolute Gasteiger partial charge is 0.497 e. The maximum Gasteiger partial charge on any atom is 0.319 e. The van der Waals surface area contributed by atoms with Crippen molar-refractivity contribution in [3.05, 3.63) is 48.5 Å². The molecule has 0 saturated carbocycles. The van der Waals surface area contributed by atoms with Crippen LogP contribution in [0.1, 0.15) is 0 Å². The Hall–Kier alpha value is -2.89. The number of carbonyl (C=O) groups is 1. The van der Waals surface area contributed by atoms with Crippen molar-refractivity contribution in [1.82, 2.24) is 5.32 Å². The Labute approximate surface area is 134 Å². The van der Waals surface area contributed by atoms with Crippen molar-refractivity contribution in [2.45, 2.75) is 6.10 Å². The first-order valence-electron chi connectivity index (χ1n) is 7.32. The first-order valence-corrected chi connectivity index (χ1v) is 7.32. The number of hydrogen-bond donors (Lipinski definition) is 2. The highest BCUT2D eigenvalue weighted by Crippen LogP contribution is 2.30. The topological polar surface area (TPSA) is 68.8 Å². The lowest BCUT2D eigenvalue weighted by Gasteiger charge is -2.26. The van der Waals surface area contributed by atoms with Crippen molar-refractivity contribution >= 4 is 11.7 Å². The van der Waals surface area contributed by atoms with E-state index in [1.807, 2.05) is 36.4 Å². The smallest absolute Gasteiger partial charge is 0.319 e. The van der Waals surface area contributed by atoms with Crippen LogP contribution in [0.15, 0.2) is 48.5 Å². The van der Waals surface area contributed by atoms with Gasteiger partial charge in [0.05, 0.1) is 13.7 Å². The van der Waals surface area contributed by atoms with Crippen LogP contribution in [-0.2, 0) is 0 Å². The molecule has 1 atom stereocenters. The molecule has 0 radical (unpaired) electrons. The van der Waals surface area contributed by atoms with Crippen molar-refractivity contribution in [3.63, 3.8) is 0 Å². The van der Waals surface area contributed by atoms with Gasteiger partial charge < -0.3 is 24.8 Å². The minimum atomic E-state index is -0.305. The average Bonchev–Trinajstić information content (AvgIpc) is 2.60. The number of ether oxygens (including phenoxy) is 3. The molecule has 6 nitrogen and oxygen atoms in total. The summed E-state index contributed by atoms with van der Waals surface area (Å²) in [5.41, 5.74) is 0.660. The summed E-state index contributed by atoms with van der Waals surface area (Å²) >= 11 is 0. The zero-order valence-electron chi connectivity index (χ0n) is 12.7. The van der Waals surface area contributed by atoms with Crippen molar-refractivity contribution in [2.24, 2.45) is 0 Å². The van der Waals surface area contributed by atoms with Gasteiger partial charge in [-0.25, -0.2) is 4.79 Å². The second kappa shape index (κ2) is 6.91. The maximum absolute atomic E-state index is 11.9. The summed E-state index contributed by atoms with van der Waals surface area (Å²) in [6, 6.07) is 14.3. The number of hydrogen-bond acceptors (Lipinski definition) is 4. The van der Waals surface area contributed by atoms with Gasteiger partial charge in [-0.15, -0.1) is 0 Å². The predicted octanol–water partition coefficient (Wildman–Crippen LogP) is 2.66. The minimum Gasteiger partial charge on any atom is -0.497 e. The molecule has 1 aliphatic heterocycles. The van der Waals surface area contributed by atoms with Gasteiger partial charge in [-0.1, -0.05) is 18.2 Å². The SMILES string of the molecule is COc1cccc(NC(=O)NC[C@H]2COc3ccccc3O2)c1. The van der Waals surface area contributed by atoms with E-state index in [0.717, 1.165) is 5.75 Å². The molecular weight excluding hydrogens is 296 g/mol. The molecule has 2 N–H and O–H groups in total. The summed E-state index contributed by atoms with van der Waals surface area (Å²) in [7, 11) is 1.58. The van der Waals surface area contributed by atoms with Crippen LogP contribution >= 0.6 is 0 Å². The van der Waals surface area contributed by atoms with Gasteiger partial charge in [0.2, 0.25) is 0 Å². The molecule has 23 heavy (non-hydrogen) atoms. The molecule has 0 fully saturated rings. The van der Waals surface area contributed by atoms with Crippen molar-refractivity contribution in [1.29, 1.82) is 0 Å². The normalized spacial score (nSPS) is 15.6. The Morgan fingerprint density at radius 1 is 1.22 bits per heavy atom. The lowest BCUT2D eigenvalue weighted by molar-refractivity contribution is 0.0922. The molecule has 2 aromatic rings. The number of anilines is 1. The highest BCUT2D eigenvalue weighted by Gasteiger charge is 2.20. The van der Waals surface area contributed by atoms with Gasteiger partial charge in [-0.05, 0) is 24.3 Å². The van der Waals surface area contributed by atoms with E-state index < -0.39 is 0 Å². The molecule has 1 heterocycles. The third-order valence-corrected chi connectivity index (χ3v) is 3.39. The Kier molecular flexibility index (Phi) is 4.52. The van der Waals surface area contributed by atoms with Gasteiger partial charge in [0.15, 0.2) is 17.6 Å². The number of methoxy groups -OCH3 is 1. The zero-order valence-corrected chi connectivity index (χ0v) is 12.7. The number of amides is 2. The molecule has 0 aliphatic carbocycles. The molecule has 120 valence electrons. The van der Waals surface area contributed by atoms with Gasteiger partial charge in [0.1, 0.15) is 12.4 Å². The molecule has 2 amide bonds. The summed E-state index contributed by atoms with van der Waals surface area (Å²) in [5, 5.41) is 5.52. The summed E-state index contributed by atoms with van der Waals surface area (Å²) in [5.74, 6) is 2.10. The molecule has 0 spiro atoms. The van der Waals surface area contributed by atoms with E-state index in [9.17, 15) is 4.79 Å². The molecule has 0 bridgehead atoms. The van der Waals surface area contributed by atoms with E-state index in [0.29, 0.717) is 30.3 Å². The van der Waals surface area contributed by atoms with Crippen LogP contribution in [0, 0.1) is 0 Å². The second-order valence-electron chi connectivity index (χ2n) is 5.06. The first kappa shape index (κ1) is 15.0. The van der Waals surface area contributed by atoms with Crippen LogP contribution in [0.3, 0.4) is 0 Å². The summed E-state index contributed by atoms with van der Waals surface area (Å²) in [6.45, 7) is 0.751. The van der Waals surface area contributed by atoms with Gasteiger partial charge in [-0.3, -0.25) is 0 Å². The fourth-order valence-electron chi connectivity index (χ4n) is 2.25. The number of benzene rings is 2. The van der Waals surface area contributed by atoms with Crippen LogP contribution in [-0.4, -0.2) is 32.4 Å². The van der Waals surface area contributed by atoms with Gasteiger partial charge in [-0.2, -0.15) is 0 Å². The van der Waals surface area contributed by atoms with E-state index in [2.05, 4.69) is 10.6 Å². The van der Waals surface area contributed by atoms with Crippen LogP contribution < -0.4 is 24.8 Å². The summed E-state index contributed by atoms with van der Waals surface area (Å²) in [4.78, 5) is 11.9. The van der Waals surface area contributed by atoms with E-state index in [-0.39, 0.29) is 12.1 Å². The van der Waals surface area contributed by atoms with E-state index in [4.69, 9.17) is 14.2 Å². The van der Waals surface area contributed by atoms with E-state index in [1.165, 1.54) is 0 Å². The molecule has 6 heteroatoms. The Balaban J connectivity index is 1.50. The van der Waals surface area contributed by atoms with Gasteiger partial charge in [0.25, 0.3) is 0 Å². The molecular formula is C17H18N2O4. The van der Waals surface area contributed by atoms with Crippen molar-refractivity contribution in [2.75, 3.05) is 25.6 Å². The Morgan fingerprint density at radius 3 is 2.87 bits per heavy atom. The number of urea groups is 1. The van der Waals surface area contributed by atoms with Crippen molar-refractivity contribution < 1.29 is 19.0 Å². The summed E-state index contributed by atoms with van der Waals surface area (Å²) in [6.07, 6.45) is -0.221. The molecule has 1 aliphatic rings.